The summed E-state index contributed by atoms with van der Waals surface area (Å²) in [5.41, 5.74) is 0. The number of hydrogen-bond acceptors (Lipinski definition) is 4. The third kappa shape index (κ3) is 3.36. The molecule has 7 heteroatoms. The summed E-state index contributed by atoms with van der Waals surface area (Å²) >= 11 is 0. The molecule has 110 valence electrons. The summed E-state index contributed by atoms with van der Waals surface area (Å²) < 4.78 is 28.8. The van der Waals surface area contributed by atoms with Crippen LogP contribution in [0.5, 0.6) is 0 Å². The van der Waals surface area contributed by atoms with Gasteiger partial charge in [0.15, 0.2) is 0 Å². The van der Waals surface area contributed by atoms with Crippen LogP contribution in [0.2, 0.25) is 0 Å². The van der Waals surface area contributed by atoms with E-state index in [1.807, 2.05) is 6.07 Å². The van der Waals surface area contributed by atoms with E-state index in [0.29, 0.717) is 31.2 Å². The second-order valence-corrected chi connectivity index (χ2v) is 6.30. The fraction of sp³-hybridized carbons (Fsp3) is 0.462. The van der Waals surface area contributed by atoms with Gasteiger partial charge in [0.2, 0.25) is 0 Å². The maximum Gasteiger partial charge on any atom is 0.443 e. The molecule has 1 aromatic carbocycles. The molecule has 0 radical (unpaired) electrons. The first-order chi connectivity index (χ1) is 9.66. The van der Waals surface area contributed by atoms with Gasteiger partial charge in [-0.1, -0.05) is 18.2 Å². The molecule has 1 amide bonds. The summed E-state index contributed by atoms with van der Waals surface area (Å²) in [7, 11) is -2.99. The zero-order chi connectivity index (χ0) is 14.4. The van der Waals surface area contributed by atoms with Gasteiger partial charge in [-0.25, -0.2) is 13.3 Å². The average Bonchev–Trinajstić information content (AvgIpc) is 2.49. The highest BCUT2D eigenvalue weighted by Crippen LogP contribution is 2.20. The number of nitrogens with zero attached hydrogens (tertiary/aromatic N) is 2. The van der Waals surface area contributed by atoms with Crippen LogP contribution in [0.3, 0.4) is 0 Å². The van der Waals surface area contributed by atoms with Crippen LogP contribution in [0, 0.1) is 0 Å². The van der Waals surface area contributed by atoms with E-state index in [2.05, 4.69) is 4.36 Å². The van der Waals surface area contributed by atoms with E-state index in [1.165, 1.54) is 0 Å². The average molecular weight is 298 g/mol. The molecule has 1 heterocycles. The van der Waals surface area contributed by atoms with Gasteiger partial charge >= 0.3 is 6.09 Å². The van der Waals surface area contributed by atoms with Gasteiger partial charge in [0, 0.05) is 13.1 Å². The van der Waals surface area contributed by atoms with Gasteiger partial charge in [-0.15, -0.1) is 4.36 Å². The van der Waals surface area contributed by atoms with Crippen molar-refractivity contribution in [2.24, 2.45) is 4.36 Å². The van der Waals surface area contributed by atoms with Gasteiger partial charge in [0.05, 0.1) is 24.7 Å². The molecule has 6 nitrogen and oxygen atoms in total. The molecule has 0 saturated carbocycles. The molecule has 1 saturated heterocycles. The van der Waals surface area contributed by atoms with Crippen LogP contribution in [0.1, 0.15) is 6.92 Å². The zero-order valence-electron chi connectivity index (χ0n) is 11.4. The topological polar surface area (TPSA) is 68.2 Å². The molecule has 1 atom stereocenters. The number of rotatable bonds is 3. The molecule has 1 aromatic rings. The van der Waals surface area contributed by atoms with Crippen LogP contribution in [-0.4, -0.2) is 47.5 Å². The van der Waals surface area contributed by atoms with Crippen LogP contribution in [0.15, 0.2) is 39.6 Å². The SMILES string of the molecule is CCOC(=O)N=S(=O)(c1ccccc1)N1CCOCC1. The van der Waals surface area contributed by atoms with Crippen LogP contribution in [0.25, 0.3) is 0 Å². The molecular weight excluding hydrogens is 280 g/mol. The van der Waals surface area contributed by atoms with E-state index in [1.54, 1.807) is 35.5 Å². The fourth-order valence-electron chi connectivity index (χ4n) is 1.90. The third-order valence-corrected chi connectivity index (χ3v) is 5.18. The normalized spacial score (nSPS) is 19.1. The minimum absolute atomic E-state index is 0.204. The monoisotopic (exact) mass is 298 g/mol. The first kappa shape index (κ1) is 15.0. The Bertz CT molecular complexity index is 561. The lowest BCUT2D eigenvalue weighted by Crippen LogP contribution is -2.40. The smallest absolute Gasteiger partial charge is 0.443 e. The third-order valence-electron chi connectivity index (χ3n) is 2.84. The maximum atomic E-state index is 13.2. The number of ether oxygens (including phenoxy) is 2. The Morgan fingerprint density at radius 1 is 1.35 bits per heavy atom. The molecule has 0 N–H and O–H groups in total. The van der Waals surface area contributed by atoms with E-state index < -0.39 is 16.0 Å². The van der Waals surface area contributed by atoms with Crippen molar-refractivity contribution in [1.82, 2.24) is 4.31 Å². The number of morpholine rings is 1. The van der Waals surface area contributed by atoms with E-state index in [9.17, 15) is 9.00 Å². The van der Waals surface area contributed by atoms with Crippen molar-refractivity contribution < 1.29 is 18.5 Å². The van der Waals surface area contributed by atoms with Gasteiger partial charge < -0.3 is 9.47 Å². The predicted molar refractivity (Wildman–Crippen MR) is 74.7 cm³/mol. The van der Waals surface area contributed by atoms with E-state index in [-0.39, 0.29) is 6.61 Å². The van der Waals surface area contributed by atoms with E-state index in [0.717, 1.165) is 0 Å². The van der Waals surface area contributed by atoms with Crippen molar-refractivity contribution in [3.05, 3.63) is 30.3 Å². The minimum Gasteiger partial charge on any atom is -0.448 e. The van der Waals surface area contributed by atoms with E-state index >= 15 is 0 Å². The quantitative estimate of drug-likeness (QED) is 0.855. The Hall–Kier alpha value is -1.44. The number of hydrogen-bond donors (Lipinski definition) is 0. The summed E-state index contributed by atoms with van der Waals surface area (Å²) in [5, 5.41) is 0. The van der Waals surface area contributed by atoms with Crippen LogP contribution >= 0.6 is 0 Å². The number of carbonyl (C=O) groups is 1. The molecule has 1 aliphatic rings. The lowest BCUT2D eigenvalue weighted by molar-refractivity contribution is 0.0744. The predicted octanol–water partition coefficient (Wildman–Crippen LogP) is 1.92. The molecule has 0 aromatic heterocycles. The minimum atomic E-state index is -2.99. The van der Waals surface area contributed by atoms with Crippen molar-refractivity contribution in [1.29, 1.82) is 0 Å². The molecule has 1 unspecified atom stereocenters. The van der Waals surface area contributed by atoms with Crippen LogP contribution in [0.4, 0.5) is 4.79 Å². The van der Waals surface area contributed by atoms with Gasteiger partial charge in [-0.05, 0) is 19.1 Å². The highest BCUT2D eigenvalue weighted by atomic mass is 32.2. The van der Waals surface area contributed by atoms with Crippen molar-refractivity contribution in [3.8, 4) is 0 Å². The summed E-state index contributed by atoms with van der Waals surface area (Å²) in [4.78, 5) is 12.2. The van der Waals surface area contributed by atoms with Crippen molar-refractivity contribution in [3.63, 3.8) is 0 Å². The molecule has 20 heavy (non-hydrogen) atoms. The van der Waals surface area contributed by atoms with E-state index in [4.69, 9.17) is 9.47 Å². The Labute approximate surface area is 119 Å². The molecular formula is C13H18N2O4S. The first-order valence-electron chi connectivity index (χ1n) is 6.48. The number of carbonyl (C=O) groups excluding carboxylic acids is 1. The van der Waals surface area contributed by atoms with Gasteiger partial charge in [-0.2, -0.15) is 0 Å². The highest BCUT2D eigenvalue weighted by molar-refractivity contribution is 7.91. The second kappa shape index (κ2) is 6.83. The molecule has 1 fully saturated rings. The standard InChI is InChI=1S/C13H18N2O4S/c1-2-19-13(16)14-20(17,12-6-4-3-5-7-12)15-8-10-18-11-9-15/h3-7H,2,8-11H2,1H3. The van der Waals surface area contributed by atoms with Crippen LogP contribution < -0.4 is 0 Å². The van der Waals surface area contributed by atoms with Gasteiger partial charge in [0.1, 0.15) is 9.92 Å². The number of benzene rings is 1. The van der Waals surface area contributed by atoms with Crippen molar-refractivity contribution >= 4 is 16.0 Å². The molecule has 1 aliphatic heterocycles. The lowest BCUT2D eigenvalue weighted by Gasteiger charge is -2.29. The summed E-state index contributed by atoms with van der Waals surface area (Å²) in [6, 6.07) is 8.79. The van der Waals surface area contributed by atoms with Crippen molar-refractivity contribution in [2.75, 3.05) is 32.9 Å². The summed E-state index contributed by atoms with van der Waals surface area (Å²) in [6.45, 7) is 3.78. The van der Waals surface area contributed by atoms with Crippen LogP contribution in [-0.2, 0) is 19.4 Å². The summed E-state index contributed by atoms with van der Waals surface area (Å²) in [5.74, 6) is 0. The Morgan fingerprint density at radius 3 is 2.60 bits per heavy atom. The molecule has 0 spiro atoms. The second-order valence-electron chi connectivity index (χ2n) is 4.14. The Balaban J connectivity index is 2.42. The molecule has 0 bridgehead atoms. The zero-order valence-corrected chi connectivity index (χ0v) is 12.2. The van der Waals surface area contributed by atoms with Gasteiger partial charge in [-0.3, -0.25) is 0 Å². The summed E-state index contributed by atoms with van der Waals surface area (Å²) in [6.07, 6.45) is -0.798. The maximum absolute atomic E-state index is 13.2. The van der Waals surface area contributed by atoms with Gasteiger partial charge in [0.25, 0.3) is 0 Å². The lowest BCUT2D eigenvalue weighted by atomic mass is 10.4. The highest BCUT2D eigenvalue weighted by Gasteiger charge is 2.26. The molecule has 2 rings (SSSR count). The Kier molecular flexibility index (Phi) is 5.11. The number of amides is 1. The van der Waals surface area contributed by atoms with Crippen molar-refractivity contribution in [2.45, 2.75) is 11.8 Å². The first-order valence-corrected chi connectivity index (χ1v) is 7.96. The molecule has 0 aliphatic carbocycles. The fourth-order valence-corrected chi connectivity index (χ4v) is 3.83. The Morgan fingerprint density at radius 2 is 2.00 bits per heavy atom. The largest absolute Gasteiger partial charge is 0.448 e.